The van der Waals surface area contributed by atoms with Crippen molar-refractivity contribution in [3.05, 3.63) is 94.0 Å². The van der Waals surface area contributed by atoms with Gasteiger partial charge >= 0.3 is 0 Å². The van der Waals surface area contributed by atoms with Crippen molar-refractivity contribution in [3.63, 3.8) is 0 Å². The number of nitrogens with one attached hydrogen (secondary N) is 2. The first-order valence-electron chi connectivity index (χ1n) is 11.2. The lowest BCUT2D eigenvalue weighted by Crippen LogP contribution is -2.28. The number of benzene rings is 3. The normalized spacial score (nSPS) is 14.2. The van der Waals surface area contributed by atoms with Crippen molar-refractivity contribution in [3.8, 4) is 0 Å². The Kier molecular flexibility index (Phi) is 7.05. The Bertz CT molecular complexity index is 1260. The fraction of sp³-hybridized carbons (Fsp3) is 0.269. The van der Waals surface area contributed by atoms with Crippen molar-refractivity contribution in [2.75, 3.05) is 4.72 Å². The van der Waals surface area contributed by atoms with Crippen molar-refractivity contribution < 1.29 is 13.2 Å². The van der Waals surface area contributed by atoms with Gasteiger partial charge in [0.25, 0.3) is 15.9 Å². The predicted molar refractivity (Wildman–Crippen MR) is 132 cm³/mol. The number of sulfonamides is 1. The molecule has 0 aromatic heterocycles. The number of aryl methyl sites for hydroxylation is 2. The smallest absolute Gasteiger partial charge is 0.263 e. The number of fused-ring (bicyclic) bond motifs is 1. The number of hydrogen-bond acceptors (Lipinski definition) is 3. The Morgan fingerprint density at radius 1 is 0.970 bits per heavy atom. The lowest BCUT2D eigenvalue weighted by molar-refractivity contribution is 0.0935. The maximum atomic E-state index is 13.1. The van der Waals surface area contributed by atoms with E-state index in [0.29, 0.717) is 5.69 Å². The number of para-hydroxylation sites is 1. The summed E-state index contributed by atoms with van der Waals surface area (Å²) in [5, 5.41) is 3.11. The van der Waals surface area contributed by atoms with Gasteiger partial charge in [0.05, 0.1) is 11.1 Å². The van der Waals surface area contributed by atoms with Crippen molar-refractivity contribution in [1.82, 2.24) is 5.32 Å². The van der Waals surface area contributed by atoms with Crippen molar-refractivity contribution in [1.29, 1.82) is 0 Å². The van der Waals surface area contributed by atoms with E-state index >= 15 is 0 Å². The molecule has 3 aromatic rings. The Hall–Kier alpha value is -2.83. The summed E-state index contributed by atoms with van der Waals surface area (Å²) in [6, 6.07) is 19.1. The first-order valence-corrected chi connectivity index (χ1v) is 13.0. The zero-order valence-electron chi connectivity index (χ0n) is 18.5. The van der Waals surface area contributed by atoms with Crippen LogP contribution in [-0.2, 0) is 22.9 Å². The maximum Gasteiger partial charge on any atom is 0.263 e. The van der Waals surface area contributed by atoms with E-state index in [2.05, 4.69) is 28.2 Å². The molecule has 3 aromatic carbocycles. The molecule has 1 atom stereocenters. The van der Waals surface area contributed by atoms with Gasteiger partial charge in [-0.3, -0.25) is 9.52 Å². The van der Waals surface area contributed by atoms with Gasteiger partial charge in [0.2, 0.25) is 0 Å². The second-order valence-electron chi connectivity index (χ2n) is 8.29. The molecule has 0 spiro atoms. The number of amides is 1. The van der Waals surface area contributed by atoms with Crippen LogP contribution in [0.1, 0.15) is 59.3 Å². The van der Waals surface area contributed by atoms with Crippen LogP contribution in [0.25, 0.3) is 0 Å². The van der Waals surface area contributed by atoms with Gasteiger partial charge in [-0.05, 0) is 79.1 Å². The standard InChI is InChI=1S/C26H27ClN2O3S/c1-2-24(20-13-12-18-8-6-7-9-19(18)16-20)28-26(30)21-14-15-23(27)25(17-21)33(31,32)29-22-10-4-3-5-11-22/h3-5,10-17,24,29H,2,6-9H2,1H3,(H,28,30). The summed E-state index contributed by atoms with van der Waals surface area (Å²) >= 11 is 6.20. The zero-order valence-corrected chi connectivity index (χ0v) is 20.0. The molecular formula is C26H27ClN2O3S. The molecule has 1 unspecified atom stereocenters. The van der Waals surface area contributed by atoms with Gasteiger partial charge in [-0.15, -0.1) is 0 Å². The second-order valence-corrected chi connectivity index (χ2v) is 10.3. The van der Waals surface area contributed by atoms with Gasteiger partial charge in [0.15, 0.2) is 0 Å². The molecular weight excluding hydrogens is 456 g/mol. The Morgan fingerprint density at radius 3 is 2.42 bits per heavy atom. The summed E-state index contributed by atoms with van der Waals surface area (Å²) in [6.45, 7) is 2.02. The monoisotopic (exact) mass is 482 g/mol. The molecule has 0 saturated heterocycles. The summed E-state index contributed by atoms with van der Waals surface area (Å²) in [4.78, 5) is 12.9. The van der Waals surface area contributed by atoms with Gasteiger partial charge in [-0.1, -0.05) is 54.9 Å². The topological polar surface area (TPSA) is 75.3 Å². The molecule has 172 valence electrons. The number of carbonyl (C=O) groups excluding carboxylic acids is 1. The van der Waals surface area contributed by atoms with E-state index in [4.69, 9.17) is 11.6 Å². The van der Waals surface area contributed by atoms with Crippen LogP contribution in [0.5, 0.6) is 0 Å². The van der Waals surface area contributed by atoms with E-state index in [0.717, 1.165) is 24.8 Å². The molecule has 2 N–H and O–H groups in total. The van der Waals surface area contributed by atoms with Crippen LogP contribution in [0, 0.1) is 0 Å². The predicted octanol–water partition coefficient (Wildman–Crippen LogP) is 5.90. The van der Waals surface area contributed by atoms with E-state index in [-0.39, 0.29) is 27.4 Å². The fourth-order valence-electron chi connectivity index (χ4n) is 4.20. The highest BCUT2D eigenvalue weighted by atomic mass is 35.5. The average molecular weight is 483 g/mol. The molecule has 0 bridgehead atoms. The van der Waals surface area contributed by atoms with E-state index in [1.807, 2.05) is 6.92 Å². The van der Waals surface area contributed by atoms with Crippen molar-refractivity contribution >= 4 is 33.2 Å². The van der Waals surface area contributed by atoms with E-state index in [9.17, 15) is 13.2 Å². The third kappa shape index (κ3) is 5.40. The van der Waals surface area contributed by atoms with Gasteiger partial charge in [0.1, 0.15) is 4.90 Å². The van der Waals surface area contributed by atoms with Crippen LogP contribution < -0.4 is 10.0 Å². The molecule has 33 heavy (non-hydrogen) atoms. The number of carbonyl (C=O) groups is 1. The molecule has 0 saturated carbocycles. The lowest BCUT2D eigenvalue weighted by atomic mass is 9.88. The van der Waals surface area contributed by atoms with Gasteiger partial charge in [-0.25, -0.2) is 8.42 Å². The number of hydrogen-bond donors (Lipinski definition) is 2. The highest BCUT2D eigenvalue weighted by Crippen LogP contribution is 2.28. The minimum Gasteiger partial charge on any atom is -0.345 e. The first kappa shape index (κ1) is 23.3. The zero-order chi connectivity index (χ0) is 23.4. The highest BCUT2D eigenvalue weighted by Gasteiger charge is 2.22. The van der Waals surface area contributed by atoms with Gasteiger partial charge < -0.3 is 5.32 Å². The quantitative estimate of drug-likeness (QED) is 0.440. The van der Waals surface area contributed by atoms with Crippen LogP contribution in [0.2, 0.25) is 5.02 Å². The number of anilines is 1. The van der Waals surface area contributed by atoms with Crippen LogP contribution >= 0.6 is 11.6 Å². The van der Waals surface area contributed by atoms with Gasteiger partial charge in [0, 0.05) is 11.3 Å². The maximum absolute atomic E-state index is 13.1. The Balaban J connectivity index is 1.56. The molecule has 0 aliphatic heterocycles. The third-order valence-electron chi connectivity index (χ3n) is 6.00. The van der Waals surface area contributed by atoms with E-state index in [1.54, 1.807) is 36.4 Å². The molecule has 5 nitrogen and oxygen atoms in total. The average Bonchev–Trinajstić information content (AvgIpc) is 2.82. The molecule has 0 fully saturated rings. The minimum absolute atomic E-state index is 0.0525. The van der Waals surface area contributed by atoms with Crippen LogP contribution in [-0.4, -0.2) is 14.3 Å². The Morgan fingerprint density at radius 2 is 1.70 bits per heavy atom. The molecule has 1 aliphatic carbocycles. The molecule has 0 heterocycles. The highest BCUT2D eigenvalue weighted by molar-refractivity contribution is 7.92. The third-order valence-corrected chi connectivity index (χ3v) is 7.86. The van der Waals surface area contributed by atoms with Crippen molar-refractivity contribution in [2.45, 2.75) is 50.0 Å². The molecule has 7 heteroatoms. The summed E-state index contributed by atoms with van der Waals surface area (Å²) in [7, 11) is -3.96. The molecule has 1 aliphatic rings. The van der Waals surface area contributed by atoms with Crippen molar-refractivity contribution in [2.24, 2.45) is 0 Å². The largest absolute Gasteiger partial charge is 0.345 e. The lowest BCUT2D eigenvalue weighted by Gasteiger charge is -2.22. The Labute approximate surface area is 200 Å². The summed E-state index contributed by atoms with van der Waals surface area (Å²) < 4.78 is 28.3. The molecule has 0 radical (unpaired) electrons. The number of rotatable bonds is 7. The van der Waals surface area contributed by atoms with E-state index < -0.39 is 10.0 Å². The summed E-state index contributed by atoms with van der Waals surface area (Å²) in [5.41, 5.74) is 4.48. The van der Waals surface area contributed by atoms with Crippen LogP contribution in [0.4, 0.5) is 5.69 Å². The summed E-state index contributed by atoms with van der Waals surface area (Å²) in [5.74, 6) is -0.340. The first-order chi connectivity index (χ1) is 15.9. The van der Waals surface area contributed by atoms with Crippen LogP contribution in [0.15, 0.2) is 71.6 Å². The SMILES string of the molecule is CCC(NC(=O)c1ccc(Cl)c(S(=O)(=O)Nc2ccccc2)c1)c1ccc2c(c1)CCCC2. The second kappa shape index (κ2) is 9.98. The number of halogens is 1. The fourth-order valence-corrected chi connectivity index (χ4v) is 5.79. The minimum atomic E-state index is -3.96. The van der Waals surface area contributed by atoms with Crippen LogP contribution in [0.3, 0.4) is 0 Å². The van der Waals surface area contributed by atoms with E-state index in [1.165, 1.54) is 36.1 Å². The molecule has 4 rings (SSSR count). The molecule has 1 amide bonds. The summed E-state index contributed by atoms with van der Waals surface area (Å²) in [6.07, 6.45) is 5.32. The van der Waals surface area contributed by atoms with Gasteiger partial charge in [-0.2, -0.15) is 0 Å².